The van der Waals surface area contributed by atoms with Crippen molar-refractivity contribution in [3.05, 3.63) is 35.4 Å². The first-order valence-electron chi connectivity index (χ1n) is 6.77. The number of methoxy groups -OCH3 is 1. The molecule has 1 atom stereocenters. The molecular weight excluding hydrogens is 224 g/mol. The minimum absolute atomic E-state index is 0.144. The first kappa shape index (κ1) is 13.3. The second-order valence-electron chi connectivity index (χ2n) is 5.66. The number of Topliss-reactive ketones (excluding diaryl/α,β-unsaturated/α-hetero) is 1. The maximum atomic E-state index is 12.4. The smallest absolute Gasteiger partial charge is 0.191 e. The quantitative estimate of drug-likeness (QED) is 0.718. The SMILES string of the molecule is COC(C(=O)c1cccc(CC(C)C)c1)C1CC1. The summed E-state index contributed by atoms with van der Waals surface area (Å²) in [6, 6.07) is 8.00. The summed E-state index contributed by atoms with van der Waals surface area (Å²) >= 11 is 0. The molecule has 18 heavy (non-hydrogen) atoms. The minimum atomic E-state index is -0.237. The molecule has 2 nitrogen and oxygen atoms in total. The molecule has 0 aromatic heterocycles. The predicted molar refractivity (Wildman–Crippen MR) is 72.8 cm³/mol. The van der Waals surface area contributed by atoms with Gasteiger partial charge in [0.15, 0.2) is 5.78 Å². The van der Waals surface area contributed by atoms with E-state index < -0.39 is 0 Å². The van der Waals surface area contributed by atoms with Crippen LogP contribution in [0.4, 0.5) is 0 Å². The topological polar surface area (TPSA) is 26.3 Å². The van der Waals surface area contributed by atoms with E-state index in [0.29, 0.717) is 11.8 Å². The van der Waals surface area contributed by atoms with Gasteiger partial charge in [0, 0.05) is 12.7 Å². The molecule has 1 aromatic carbocycles. The van der Waals surface area contributed by atoms with Crippen molar-refractivity contribution in [1.82, 2.24) is 0 Å². The Morgan fingerprint density at radius 1 is 1.39 bits per heavy atom. The second kappa shape index (κ2) is 5.66. The summed E-state index contributed by atoms with van der Waals surface area (Å²) in [7, 11) is 1.64. The lowest BCUT2D eigenvalue weighted by Gasteiger charge is -2.14. The lowest BCUT2D eigenvalue weighted by molar-refractivity contribution is 0.0539. The van der Waals surface area contributed by atoms with Crippen molar-refractivity contribution in [2.24, 2.45) is 11.8 Å². The van der Waals surface area contributed by atoms with Gasteiger partial charge in [-0.3, -0.25) is 4.79 Å². The summed E-state index contributed by atoms with van der Waals surface area (Å²) in [6.45, 7) is 4.38. The summed E-state index contributed by atoms with van der Waals surface area (Å²) in [5, 5.41) is 0. The fraction of sp³-hybridized carbons (Fsp3) is 0.562. The van der Waals surface area contributed by atoms with Crippen LogP contribution in [-0.2, 0) is 11.2 Å². The molecule has 2 rings (SSSR count). The van der Waals surface area contributed by atoms with Crippen molar-refractivity contribution < 1.29 is 9.53 Å². The number of ether oxygens (including phenoxy) is 1. The number of carbonyl (C=O) groups is 1. The molecule has 0 amide bonds. The van der Waals surface area contributed by atoms with Gasteiger partial charge in [-0.25, -0.2) is 0 Å². The number of hydrogen-bond donors (Lipinski definition) is 0. The molecular formula is C16H22O2. The Labute approximate surface area is 109 Å². The Balaban J connectivity index is 2.13. The molecule has 1 unspecified atom stereocenters. The van der Waals surface area contributed by atoms with Gasteiger partial charge in [0.25, 0.3) is 0 Å². The van der Waals surface area contributed by atoms with E-state index >= 15 is 0 Å². The normalized spacial score (nSPS) is 16.9. The van der Waals surface area contributed by atoms with Crippen molar-refractivity contribution in [1.29, 1.82) is 0 Å². The van der Waals surface area contributed by atoms with E-state index in [0.717, 1.165) is 24.8 Å². The zero-order valence-electron chi connectivity index (χ0n) is 11.5. The van der Waals surface area contributed by atoms with Crippen LogP contribution in [0.2, 0.25) is 0 Å². The molecule has 1 fully saturated rings. The van der Waals surface area contributed by atoms with Crippen LogP contribution in [0.15, 0.2) is 24.3 Å². The average Bonchev–Trinajstić information content (AvgIpc) is 3.14. The van der Waals surface area contributed by atoms with Gasteiger partial charge in [0.05, 0.1) is 0 Å². The van der Waals surface area contributed by atoms with E-state index in [1.807, 2.05) is 18.2 Å². The van der Waals surface area contributed by atoms with E-state index in [1.165, 1.54) is 5.56 Å². The number of ketones is 1. The van der Waals surface area contributed by atoms with Crippen LogP contribution in [0.5, 0.6) is 0 Å². The molecule has 0 bridgehead atoms. The first-order chi connectivity index (χ1) is 8.61. The van der Waals surface area contributed by atoms with Crippen LogP contribution in [0.25, 0.3) is 0 Å². The molecule has 1 aromatic rings. The van der Waals surface area contributed by atoms with Crippen LogP contribution in [0.3, 0.4) is 0 Å². The van der Waals surface area contributed by atoms with E-state index in [9.17, 15) is 4.79 Å². The van der Waals surface area contributed by atoms with Crippen LogP contribution < -0.4 is 0 Å². The van der Waals surface area contributed by atoms with Gasteiger partial charge in [-0.2, -0.15) is 0 Å². The predicted octanol–water partition coefficient (Wildman–Crippen LogP) is 3.49. The molecule has 0 aliphatic heterocycles. The first-order valence-corrected chi connectivity index (χ1v) is 6.77. The average molecular weight is 246 g/mol. The Morgan fingerprint density at radius 3 is 2.67 bits per heavy atom. The molecule has 2 heteroatoms. The molecule has 98 valence electrons. The zero-order valence-corrected chi connectivity index (χ0v) is 11.5. The van der Waals surface area contributed by atoms with Gasteiger partial charge in [-0.1, -0.05) is 32.0 Å². The maximum Gasteiger partial charge on any atom is 0.191 e. The number of rotatable bonds is 6. The van der Waals surface area contributed by atoms with Crippen LogP contribution in [-0.4, -0.2) is 19.0 Å². The Hall–Kier alpha value is -1.15. The van der Waals surface area contributed by atoms with Crippen molar-refractivity contribution in [3.8, 4) is 0 Å². The van der Waals surface area contributed by atoms with Gasteiger partial charge >= 0.3 is 0 Å². The highest BCUT2D eigenvalue weighted by Crippen LogP contribution is 2.35. The molecule has 1 saturated carbocycles. The zero-order chi connectivity index (χ0) is 13.1. The number of carbonyl (C=O) groups excluding carboxylic acids is 1. The molecule has 1 aliphatic rings. The van der Waals surface area contributed by atoms with Crippen molar-refractivity contribution in [3.63, 3.8) is 0 Å². The Bertz CT molecular complexity index is 419. The van der Waals surface area contributed by atoms with Crippen LogP contribution >= 0.6 is 0 Å². The van der Waals surface area contributed by atoms with E-state index in [4.69, 9.17) is 4.74 Å². The summed E-state index contributed by atoms with van der Waals surface area (Å²) in [5.74, 6) is 1.19. The maximum absolute atomic E-state index is 12.4. The highest BCUT2D eigenvalue weighted by molar-refractivity contribution is 6.00. The van der Waals surface area contributed by atoms with Gasteiger partial charge < -0.3 is 4.74 Å². The summed E-state index contributed by atoms with van der Waals surface area (Å²) in [6.07, 6.45) is 3.02. The largest absolute Gasteiger partial charge is 0.373 e. The fourth-order valence-corrected chi connectivity index (χ4v) is 2.40. The standard InChI is InChI=1S/C16H22O2/c1-11(2)9-12-5-4-6-14(10-12)15(17)16(18-3)13-7-8-13/h4-6,10-11,13,16H,7-9H2,1-3H3. The molecule has 0 heterocycles. The fourth-order valence-electron chi connectivity index (χ4n) is 2.40. The van der Waals surface area contributed by atoms with E-state index in [1.54, 1.807) is 7.11 Å². The monoisotopic (exact) mass is 246 g/mol. The van der Waals surface area contributed by atoms with Crippen molar-refractivity contribution in [2.75, 3.05) is 7.11 Å². The summed E-state index contributed by atoms with van der Waals surface area (Å²) in [5.41, 5.74) is 2.04. The lowest BCUT2D eigenvalue weighted by atomic mass is 9.97. The van der Waals surface area contributed by atoms with Crippen molar-refractivity contribution >= 4 is 5.78 Å². The highest BCUT2D eigenvalue weighted by atomic mass is 16.5. The van der Waals surface area contributed by atoms with Gasteiger partial charge in [0.2, 0.25) is 0 Å². The molecule has 0 saturated heterocycles. The van der Waals surface area contributed by atoms with E-state index in [2.05, 4.69) is 19.9 Å². The van der Waals surface area contributed by atoms with Gasteiger partial charge in [-0.05, 0) is 42.7 Å². The van der Waals surface area contributed by atoms with Crippen LogP contribution in [0, 0.1) is 11.8 Å². The Kier molecular flexibility index (Phi) is 4.18. The summed E-state index contributed by atoms with van der Waals surface area (Å²) in [4.78, 5) is 12.4. The number of benzene rings is 1. The van der Waals surface area contributed by atoms with E-state index in [-0.39, 0.29) is 11.9 Å². The number of hydrogen-bond acceptors (Lipinski definition) is 2. The second-order valence-corrected chi connectivity index (χ2v) is 5.66. The molecule has 0 N–H and O–H groups in total. The van der Waals surface area contributed by atoms with Gasteiger partial charge in [-0.15, -0.1) is 0 Å². The molecule has 0 radical (unpaired) electrons. The third-order valence-electron chi connectivity index (χ3n) is 3.42. The lowest BCUT2D eigenvalue weighted by Crippen LogP contribution is -2.25. The van der Waals surface area contributed by atoms with Gasteiger partial charge in [0.1, 0.15) is 6.10 Å². The minimum Gasteiger partial charge on any atom is -0.373 e. The third-order valence-corrected chi connectivity index (χ3v) is 3.42. The molecule has 1 aliphatic carbocycles. The van der Waals surface area contributed by atoms with Crippen molar-refractivity contribution in [2.45, 2.75) is 39.2 Å². The third kappa shape index (κ3) is 3.20. The molecule has 0 spiro atoms. The summed E-state index contributed by atoms with van der Waals surface area (Å²) < 4.78 is 5.36. The Morgan fingerprint density at radius 2 is 2.11 bits per heavy atom. The van der Waals surface area contributed by atoms with Crippen LogP contribution in [0.1, 0.15) is 42.6 Å². The highest BCUT2D eigenvalue weighted by Gasteiger charge is 2.36.